The molecule has 0 saturated heterocycles. The molecule has 5 nitrogen and oxygen atoms in total. The first-order valence-corrected chi connectivity index (χ1v) is 5.10. The molecule has 0 bridgehead atoms. The van der Waals surface area contributed by atoms with Crippen molar-refractivity contribution in [1.82, 2.24) is 10.6 Å². The molecule has 0 heterocycles. The summed E-state index contributed by atoms with van der Waals surface area (Å²) < 4.78 is 0. The van der Waals surface area contributed by atoms with Gasteiger partial charge in [0.15, 0.2) is 0 Å². The number of carbonyl (C=O) groups is 1. The van der Waals surface area contributed by atoms with Crippen molar-refractivity contribution >= 4 is 18.6 Å². The van der Waals surface area contributed by atoms with Gasteiger partial charge < -0.3 is 20.7 Å². The number of urea groups is 1. The van der Waals surface area contributed by atoms with E-state index in [1.54, 1.807) is 24.3 Å². The first-order valence-electron chi connectivity index (χ1n) is 5.10. The lowest BCUT2D eigenvalue weighted by Crippen LogP contribution is -2.39. The maximum Gasteiger partial charge on any atom is 0.488 e. The molecule has 86 valence electrons. The van der Waals surface area contributed by atoms with Crippen LogP contribution in [0.25, 0.3) is 0 Å². The second kappa shape index (κ2) is 6.14. The summed E-state index contributed by atoms with van der Waals surface area (Å²) in [6, 6.07) is 6.57. The van der Waals surface area contributed by atoms with Gasteiger partial charge >= 0.3 is 13.1 Å². The fraction of sp³-hybridized carbons (Fsp3) is 0.300. The fourth-order valence-electron chi connectivity index (χ4n) is 1.35. The summed E-state index contributed by atoms with van der Waals surface area (Å²) in [7, 11) is -1.52. The third-order valence-corrected chi connectivity index (χ3v) is 2.11. The van der Waals surface area contributed by atoms with Crippen molar-refractivity contribution in [3.63, 3.8) is 0 Å². The van der Waals surface area contributed by atoms with Gasteiger partial charge in [-0.3, -0.25) is 0 Å². The van der Waals surface area contributed by atoms with Gasteiger partial charge in [-0.15, -0.1) is 0 Å². The number of hydrogen-bond donors (Lipinski definition) is 4. The SMILES string of the molecule is CCNC(=O)NCc1ccccc1B(O)O. The topological polar surface area (TPSA) is 81.6 Å². The molecule has 0 aliphatic rings. The van der Waals surface area contributed by atoms with Crippen LogP contribution < -0.4 is 16.1 Å². The zero-order chi connectivity index (χ0) is 12.0. The Hall–Kier alpha value is -1.53. The van der Waals surface area contributed by atoms with Crippen LogP contribution in [0.2, 0.25) is 0 Å². The minimum absolute atomic E-state index is 0.264. The smallest absolute Gasteiger partial charge is 0.423 e. The van der Waals surface area contributed by atoms with E-state index in [0.29, 0.717) is 17.6 Å². The predicted octanol–water partition coefficient (Wildman–Crippen LogP) is -0.815. The van der Waals surface area contributed by atoms with Crippen LogP contribution in [0, 0.1) is 0 Å². The van der Waals surface area contributed by atoms with E-state index in [9.17, 15) is 4.79 Å². The fourth-order valence-corrected chi connectivity index (χ4v) is 1.35. The van der Waals surface area contributed by atoms with Crippen molar-refractivity contribution in [1.29, 1.82) is 0 Å². The molecule has 0 radical (unpaired) electrons. The first kappa shape index (κ1) is 12.5. The van der Waals surface area contributed by atoms with Gasteiger partial charge in [-0.1, -0.05) is 24.3 Å². The summed E-state index contributed by atoms with van der Waals surface area (Å²) in [5, 5.41) is 23.4. The summed E-state index contributed by atoms with van der Waals surface area (Å²) in [6.07, 6.45) is 0. The van der Waals surface area contributed by atoms with Gasteiger partial charge in [0.25, 0.3) is 0 Å². The minimum atomic E-state index is -1.52. The monoisotopic (exact) mass is 222 g/mol. The van der Waals surface area contributed by atoms with E-state index >= 15 is 0 Å². The lowest BCUT2D eigenvalue weighted by atomic mass is 9.77. The maximum atomic E-state index is 11.2. The molecule has 0 fully saturated rings. The lowest BCUT2D eigenvalue weighted by molar-refractivity contribution is 0.241. The molecule has 0 unspecified atom stereocenters. The number of hydrogen-bond acceptors (Lipinski definition) is 3. The Morgan fingerprint density at radius 1 is 1.31 bits per heavy atom. The van der Waals surface area contributed by atoms with Crippen LogP contribution in [-0.4, -0.2) is 29.7 Å². The summed E-state index contributed by atoms with van der Waals surface area (Å²) >= 11 is 0. The van der Waals surface area contributed by atoms with Crippen molar-refractivity contribution in [2.45, 2.75) is 13.5 Å². The van der Waals surface area contributed by atoms with Crippen molar-refractivity contribution in [3.05, 3.63) is 29.8 Å². The molecule has 16 heavy (non-hydrogen) atoms. The molecule has 0 saturated carbocycles. The predicted molar refractivity (Wildman–Crippen MR) is 62.2 cm³/mol. The first-order chi connectivity index (χ1) is 7.65. The third-order valence-electron chi connectivity index (χ3n) is 2.11. The normalized spacial score (nSPS) is 9.69. The molecule has 1 aromatic rings. The largest absolute Gasteiger partial charge is 0.488 e. The molecule has 4 N–H and O–H groups in total. The Morgan fingerprint density at radius 3 is 2.62 bits per heavy atom. The second-order valence-corrected chi connectivity index (χ2v) is 3.29. The van der Waals surface area contributed by atoms with Crippen LogP contribution in [0.3, 0.4) is 0 Å². The number of rotatable bonds is 4. The van der Waals surface area contributed by atoms with Crippen LogP contribution in [0.4, 0.5) is 4.79 Å². The number of nitrogens with one attached hydrogen (secondary N) is 2. The van der Waals surface area contributed by atoms with Gasteiger partial charge in [-0.2, -0.15) is 0 Å². The Balaban J connectivity index is 2.63. The van der Waals surface area contributed by atoms with Gasteiger partial charge in [0.1, 0.15) is 0 Å². The van der Waals surface area contributed by atoms with Gasteiger partial charge in [0.2, 0.25) is 0 Å². The van der Waals surface area contributed by atoms with Crippen molar-refractivity contribution in [2.24, 2.45) is 0 Å². The van der Waals surface area contributed by atoms with Crippen molar-refractivity contribution < 1.29 is 14.8 Å². The molecule has 6 heteroatoms. The van der Waals surface area contributed by atoms with Gasteiger partial charge in [-0.05, 0) is 17.9 Å². The van der Waals surface area contributed by atoms with Crippen LogP contribution in [0.1, 0.15) is 12.5 Å². The van der Waals surface area contributed by atoms with E-state index in [1.807, 2.05) is 6.92 Å². The second-order valence-electron chi connectivity index (χ2n) is 3.29. The number of amides is 2. The quantitative estimate of drug-likeness (QED) is 0.502. The van der Waals surface area contributed by atoms with E-state index in [2.05, 4.69) is 10.6 Å². The third kappa shape index (κ3) is 3.56. The standard InChI is InChI=1S/C10H15BN2O3/c1-2-12-10(14)13-7-8-5-3-4-6-9(8)11(15)16/h3-6,15-16H,2,7H2,1H3,(H2,12,13,14). The Kier molecular flexibility index (Phi) is 4.82. The average Bonchev–Trinajstić information content (AvgIpc) is 2.27. The van der Waals surface area contributed by atoms with Crippen LogP contribution in [0.5, 0.6) is 0 Å². The molecule has 0 aliphatic heterocycles. The van der Waals surface area contributed by atoms with E-state index in [0.717, 1.165) is 0 Å². The van der Waals surface area contributed by atoms with Crippen molar-refractivity contribution in [2.75, 3.05) is 6.54 Å². The van der Waals surface area contributed by atoms with Crippen LogP contribution in [-0.2, 0) is 6.54 Å². The van der Waals surface area contributed by atoms with Gasteiger partial charge in [0, 0.05) is 13.1 Å². The minimum Gasteiger partial charge on any atom is -0.423 e. The Labute approximate surface area is 94.6 Å². The highest BCUT2D eigenvalue weighted by molar-refractivity contribution is 6.59. The van der Waals surface area contributed by atoms with E-state index in [4.69, 9.17) is 10.0 Å². The maximum absolute atomic E-state index is 11.2. The zero-order valence-electron chi connectivity index (χ0n) is 9.10. The molecule has 0 aliphatic carbocycles. The molecule has 1 aromatic carbocycles. The molecule has 0 spiro atoms. The van der Waals surface area contributed by atoms with Crippen LogP contribution >= 0.6 is 0 Å². The summed E-state index contributed by atoms with van der Waals surface area (Å²) in [5.74, 6) is 0. The number of benzene rings is 1. The molecule has 0 atom stereocenters. The number of carbonyl (C=O) groups excluding carboxylic acids is 1. The van der Waals surface area contributed by atoms with Crippen LogP contribution in [0.15, 0.2) is 24.3 Å². The molecular formula is C10H15BN2O3. The van der Waals surface area contributed by atoms with E-state index < -0.39 is 7.12 Å². The highest BCUT2D eigenvalue weighted by atomic mass is 16.4. The highest BCUT2D eigenvalue weighted by Crippen LogP contribution is 1.96. The average molecular weight is 222 g/mol. The highest BCUT2D eigenvalue weighted by Gasteiger charge is 2.15. The summed E-state index contributed by atoms with van der Waals surface area (Å²) in [5.41, 5.74) is 1.09. The van der Waals surface area contributed by atoms with E-state index in [-0.39, 0.29) is 12.6 Å². The molecule has 0 aromatic heterocycles. The Morgan fingerprint density at radius 2 is 2.00 bits per heavy atom. The molecule has 1 rings (SSSR count). The lowest BCUT2D eigenvalue weighted by Gasteiger charge is -2.10. The van der Waals surface area contributed by atoms with E-state index in [1.165, 1.54) is 0 Å². The summed E-state index contributed by atoms with van der Waals surface area (Å²) in [6.45, 7) is 2.64. The van der Waals surface area contributed by atoms with Crippen molar-refractivity contribution in [3.8, 4) is 0 Å². The zero-order valence-corrected chi connectivity index (χ0v) is 9.10. The van der Waals surface area contributed by atoms with Gasteiger partial charge in [-0.25, -0.2) is 4.79 Å². The molecule has 2 amide bonds. The summed E-state index contributed by atoms with van der Waals surface area (Å²) in [4.78, 5) is 11.2. The molecular weight excluding hydrogens is 207 g/mol. The Bertz CT molecular complexity index is 358. The van der Waals surface area contributed by atoms with Gasteiger partial charge in [0.05, 0.1) is 0 Å².